The number of nitrogens with two attached hydrogens (primary N) is 1. The molecule has 104 valence electrons. The molecule has 0 spiro atoms. The normalized spacial score (nSPS) is 17.7. The average Bonchev–Trinajstić information content (AvgIpc) is 2.83. The Morgan fingerprint density at radius 2 is 2.11 bits per heavy atom. The van der Waals surface area contributed by atoms with Gasteiger partial charge in [0.25, 0.3) is 0 Å². The lowest BCUT2D eigenvalue weighted by Crippen LogP contribution is -2.28. The number of nitrogens with zero attached hydrogens (tertiary/aromatic N) is 1. The lowest BCUT2D eigenvalue weighted by atomic mass is 9.82. The van der Waals surface area contributed by atoms with Gasteiger partial charge in [-0.1, -0.05) is 19.9 Å². The van der Waals surface area contributed by atoms with E-state index in [0.29, 0.717) is 22.4 Å². The molecule has 0 atom stereocenters. The van der Waals surface area contributed by atoms with Crippen LogP contribution in [0.5, 0.6) is 0 Å². The van der Waals surface area contributed by atoms with Gasteiger partial charge in [-0.05, 0) is 36.8 Å². The molecule has 1 fully saturated rings. The van der Waals surface area contributed by atoms with Crippen LogP contribution in [0.4, 0.5) is 11.4 Å². The van der Waals surface area contributed by atoms with Crippen LogP contribution in [0.25, 0.3) is 0 Å². The maximum Gasteiger partial charge on any atom is 0.337 e. The third kappa shape index (κ3) is 2.39. The minimum Gasteiger partial charge on any atom is -0.478 e. The molecule has 1 aliphatic rings. The van der Waals surface area contributed by atoms with Crippen LogP contribution in [0, 0.1) is 5.41 Å². The molecular formula is C15H22N2O2. The van der Waals surface area contributed by atoms with Crippen LogP contribution in [0.1, 0.15) is 43.5 Å². The number of aromatic carboxylic acids is 1. The highest BCUT2D eigenvalue weighted by Crippen LogP contribution is 2.41. The summed E-state index contributed by atoms with van der Waals surface area (Å²) in [5.41, 5.74) is 7.87. The van der Waals surface area contributed by atoms with Crippen molar-refractivity contribution in [2.45, 2.75) is 33.1 Å². The van der Waals surface area contributed by atoms with Crippen LogP contribution < -0.4 is 10.6 Å². The van der Waals surface area contributed by atoms with Gasteiger partial charge in [0.2, 0.25) is 0 Å². The van der Waals surface area contributed by atoms with Crippen molar-refractivity contribution in [3.63, 3.8) is 0 Å². The Hall–Kier alpha value is -1.71. The molecule has 2 rings (SSSR count). The first-order valence-corrected chi connectivity index (χ1v) is 6.89. The Morgan fingerprint density at radius 1 is 1.42 bits per heavy atom. The van der Waals surface area contributed by atoms with Crippen molar-refractivity contribution in [2.75, 3.05) is 23.7 Å². The van der Waals surface area contributed by atoms with Gasteiger partial charge in [0.1, 0.15) is 0 Å². The summed E-state index contributed by atoms with van der Waals surface area (Å²) in [6.45, 7) is 6.20. The molecule has 0 aromatic heterocycles. The van der Waals surface area contributed by atoms with Gasteiger partial charge in [-0.2, -0.15) is 0 Å². The molecule has 0 unspecified atom stereocenters. The van der Waals surface area contributed by atoms with Crippen molar-refractivity contribution in [3.05, 3.63) is 23.8 Å². The topological polar surface area (TPSA) is 66.6 Å². The Morgan fingerprint density at radius 3 is 2.63 bits per heavy atom. The number of benzene rings is 1. The molecule has 4 heteroatoms. The van der Waals surface area contributed by atoms with E-state index >= 15 is 0 Å². The number of para-hydroxylation sites is 1. The van der Waals surface area contributed by atoms with Crippen LogP contribution in [-0.2, 0) is 0 Å². The third-order valence-electron chi connectivity index (χ3n) is 4.55. The monoisotopic (exact) mass is 262 g/mol. The van der Waals surface area contributed by atoms with Crippen LogP contribution in [0.15, 0.2) is 18.2 Å². The number of carboxylic acids is 1. The summed E-state index contributed by atoms with van der Waals surface area (Å²) in [5.74, 6) is -0.909. The minimum atomic E-state index is -0.909. The zero-order valence-corrected chi connectivity index (χ0v) is 11.6. The minimum absolute atomic E-state index is 0.304. The van der Waals surface area contributed by atoms with E-state index in [9.17, 15) is 9.90 Å². The van der Waals surface area contributed by atoms with Crippen LogP contribution >= 0.6 is 0 Å². The summed E-state index contributed by atoms with van der Waals surface area (Å²) in [4.78, 5) is 13.5. The first-order chi connectivity index (χ1) is 9.03. The fourth-order valence-corrected chi connectivity index (χ4v) is 3.04. The van der Waals surface area contributed by atoms with E-state index in [-0.39, 0.29) is 0 Å². The summed E-state index contributed by atoms with van der Waals surface area (Å²) in [7, 11) is 0. The van der Waals surface area contributed by atoms with Gasteiger partial charge in [-0.3, -0.25) is 0 Å². The summed E-state index contributed by atoms with van der Waals surface area (Å²) in [5, 5.41) is 9.31. The van der Waals surface area contributed by atoms with E-state index in [2.05, 4.69) is 18.7 Å². The van der Waals surface area contributed by atoms with Crippen molar-refractivity contribution in [1.82, 2.24) is 0 Å². The SMILES string of the molecule is CCC1(CC)CCN(c2c(N)cccc2C(=O)O)C1. The number of hydrogen-bond acceptors (Lipinski definition) is 3. The van der Waals surface area contributed by atoms with Gasteiger partial charge in [0.15, 0.2) is 0 Å². The summed E-state index contributed by atoms with van der Waals surface area (Å²) >= 11 is 0. The number of anilines is 2. The second-order valence-corrected chi connectivity index (χ2v) is 5.43. The Balaban J connectivity index is 2.36. The molecule has 0 saturated carbocycles. The Kier molecular flexibility index (Phi) is 3.69. The highest BCUT2D eigenvalue weighted by molar-refractivity contribution is 5.98. The first-order valence-electron chi connectivity index (χ1n) is 6.89. The van der Waals surface area contributed by atoms with Crippen molar-refractivity contribution in [2.24, 2.45) is 5.41 Å². The molecule has 3 N–H and O–H groups in total. The molecule has 1 aromatic carbocycles. The molecular weight excluding hydrogens is 240 g/mol. The van der Waals surface area contributed by atoms with Gasteiger partial charge in [0.05, 0.1) is 16.9 Å². The molecule has 1 aromatic rings. The van der Waals surface area contributed by atoms with E-state index in [4.69, 9.17) is 5.73 Å². The molecule has 1 saturated heterocycles. The number of rotatable bonds is 4. The van der Waals surface area contributed by atoms with Gasteiger partial charge < -0.3 is 15.7 Å². The van der Waals surface area contributed by atoms with Crippen molar-refractivity contribution >= 4 is 17.3 Å². The van der Waals surface area contributed by atoms with Crippen LogP contribution in [0.3, 0.4) is 0 Å². The predicted octanol–water partition coefficient (Wildman–Crippen LogP) is 2.98. The van der Waals surface area contributed by atoms with Gasteiger partial charge >= 0.3 is 5.97 Å². The second-order valence-electron chi connectivity index (χ2n) is 5.43. The first kappa shape index (κ1) is 13.7. The van der Waals surface area contributed by atoms with E-state index in [1.54, 1.807) is 18.2 Å². The molecule has 1 heterocycles. The molecule has 0 bridgehead atoms. The van der Waals surface area contributed by atoms with Crippen molar-refractivity contribution in [3.8, 4) is 0 Å². The van der Waals surface area contributed by atoms with Crippen LogP contribution in [0.2, 0.25) is 0 Å². The van der Waals surface area contributed by atoms with Crippen molar-refractivity contribution in [1.29, 1.82) is 0 Å². The van der Waals surface area contributed by atoms with E-state index in [1.165, 1.54) is 0 Å². The summed E-state index contributed by atoms with van der Waals surface area (Å²) in [6.07, 6.45) is 3.34. The molecule has 0 radical (unpaired) electrons. The summed E-state index contributed by atoms with van der Waals surface area (Å²) in [6, 6.07) is 5.11. The largest absolute Gasteiger partial charge is 0.478 e. The second kappa shape index (κ2) is 5.11. The molecule has 4 nitrogen and oxygen atoms in total. The maximum atomic E-state index is 11.3. The number of nitrogen functional groups attached to an aromatic ring is 1. The zero-order chi connectivity index (χ0) is 14.0. The molecule has 0 amide bonds. The lowest BCUT2D eigenvalue weighted by molar-refractivity contribution is 0.0697. The number of carbonyl (C=O) groups is 1. The third-order valence-corrected chi connectivity index (χ3v) is 4.55. The highest BCUT2D eigenvalue weighted by atomic mass is 16.4. The summed E-state index contributed by atoms with van der Waals surface area (Å²) < 4.78 is 0. The van der Waals surface area contributed by atoms with E-state index in [1.807, 2.05) is 0 Å². The quantitative estimate of drug-likeness (QED) is 0.819. The van der Waals surface area contributed by atoms with Gasteiger partial charge in [0, 0.05) is 13.1 Å². The Labute approximate surface area is 114 Å². The zero-order valence-electron chi connectivity index (χ0n) is 11.6. The van der Waals surface area contributed by atoms with Crippen LogP contribution in [-0.4, -0.2) is 24.2 Å². The smallest absolute Gasteiger partial charge is 0.337 e. The average molecular weight is 262 g/mol. The maximum absolute atomic E-state index is 11.3. The standard InChI is InChI=1S/C15H22N2O2/c1-3-15(4-2)8-9-17(10-15)13-11(14(18)19)6-5-7-12(13)16/h5-7H,3-4,8-10,16H2,1-2H3,(H,18,19). The van der Waals surface area contributed by atoms with Gasteiger partial charge in [-0.25, -0.2) is 4.79 Å². The fraction of sp³-hybridized carbons (Fsp3) is 0.533. The van der Waals surface area contributed by atoms with E-state index in [0.717, 1.165) is 32.4 Å². The molecule has 0 aliphatic carbocycles. The van der Waals surface area contributed by atoms with E-state index < -0.39 is 5.97 Å². The fourth-order valence-electron chi connectivity index (χ4n) is 3.04. The molecule has 1 aliphatic heterocycles. The predicted molar refractivity (Wildman–Crippen MR) is 77.7 cm³/mol. The highest BCUT2D eigenvalue weighted by Gasteiger charge is 2.36. The lowest BCUT2D eigenvalue weighted by Gasteiger charge is -2.28. The number of carboxylic acid groups (broad SMARTS) is 1. The number of hydrogen-bond donors (Lipinski definition) is 2. The Bertz CT molecular complexity index is 481. The van der Waals surface area contributed by atoms with Crippen molar-refractivity contribution < 1.29 is 9.90 Å². The molecule has 19 heavy (non-hydrogen) atoms. The van der Waals surface area contributed by atoms with Gasteiger partial charge in [-0.15, -0.1) is 0 Å².